The number of aromatic nitrogens is 3. The molecule has 3 aromatic rings. The van der Waals surface area contributed by atoms with Crippen molar-refractivity contribution < 1.29 is 8.78 Å². The third kappa shape index (κ3) is 3.07. The van der Waals surface area contributed by atoms with Gasteiger partial charge < -0.3 is 0 Å². The normalized spacial score (nSPS) is 12.3. The maximum Gasteiger partial charge on any atom is 0.242 e. The van der Waals surface area contributed by atoms with Crippen molar-refractivity contribution >= 4 is 11.1 Å². The molecule has 0 aliphatic rings. The molecule has 5 heteroatoms. The van der Waals surface area contributed by atoms with E-state index in [1.807, 2.05) is 51.4 Å². The molecule has 0 aliphatic heterocycles. The van der Waals surface area contributed by atoms with Crippen LogP contribution in [0.5, 0.6) is 0 Å². The van der Waals surface area contributed by atoms with E-state index in [1.165, 1.54) is 6.20 Å². The van der Waals surface area contributed by atoms with Gasteiger partial charge in [0.2, 0.25) is 6.43 Å². The van der Waals surface area contributed by atoms with Crippen molar-refractivity contribution in [1.29, 1.82) is 0 Å². The standard InChI is InChI=1S/C19H19F2N3/c1-4-16(17-7-12(2)10-22-13(17)3)14-5-6-24-18(8-14)15(11-23-24)9-19(20)21/h4-8,10-11,19H,9H2,1-3H3/b16-4-. The molecule has 124 valence electrons. The van der Waals surface area contributed by atoms with Crippen LogP contribution in [-0.4, -0.2) is 21.0 Å². The minimum Gasteiger partial charge on any atom is -0.261 e. The van der Waals surface area contributed by atoms with Gasteiger partial charge in [0.05, 0.1) is 11.7 Å². The summed E-state index contributed by atoms with van der Waals surface area (Å²) in [4.78, 5) is 4.42. The van der Waals surface area contributed by atoms with E-state index in [1.54, 1.807) is 4.52 Å². The van der Waals surface area contributed by atoms with Gasteiger partial charge in [0.15, 0.2) is 0 Å². The number of hydrogen-bond acceptors (Lipinski definition) is 2. The molecular weight excluding hydrogens is 308 g/mol. The fraction of sp³-hybridized carbons (Fsp3) is 0.263. The molecule has 0 bridgehead atoms. The second-order valence-corrected chi connectivity index (χ2v) is 5.86. The Morgan fingerprint density at radius 1 is 1.25 bits per heavy atom. The van der Waals surface area contributed by atoms with E-state index in [9.17, 15) is 8.78 Å². The van der Waals surface area contributed by atoms with Crippen LogP contribution in [0, 0.1) is 13.8 Å². The summed E-state index contributed by atoms with van der Waals surface area (Å²) in [5.74, 6) is 0. The summed E-state index contributed by atoms with van der Waals surface area (Å²) < 4.78 is 27.1. The molecular formula is C19H19F2N3. The number of halogens is 2. The number of rotatable bonds is 4. The van der Waals surface area contributed by atoms with Gasteiger partial charge >= 0.3 is 0 Å². The minimum atomic E-state index is -2.38. The number of allylic oxidation sites excluding steroid dienone is 1. The first-order valence-electron chi connectivity index (χ1n) is 7.84. The number of pyridine rings is 2. The SMILES string of the molecule is C/C=C(/c1ccn2ncc(CC(F)F)c2c1)c1cc(C)cnc1C. The van der Waals surface area contributed by atoms with Crippen molar-refractivity contribution in [2.45, 2.75) is 33.6 Å². The number of fused-ring (bicyclic) bond motifs is 1. The van der Waals surface area contributed by atoms with Crippen molar-refractivity contribution in [2.24, 2.45) is 0 Å². The van der Waals surface area contributed by atoms with Crippen LogP contribution < -0.4 is 0 Å². The average Bonchev–Trinajstić information content (AvgIpc) is 2.93. The zero-order valence-corrected chi connectivity index (χ0v) is 13.9. The molecule has 24 heavy (non-hydrogen) atoms. The second kappa shape index (κ2) is 6.51. The van der Waals surface area contributed by atoms with Gasteiger partial charge in [-0.05, 0) is 55.7 Å². The van der Waals surface area contributed by atoms with Crippen molar-refractivity contribution in [3.05, 3.63) is 70.8 Å². The van der Waals surface area contributed by atoms with Crippen LogP contribution in [0.4, 0.5) is 8.78 Å². The largest absolute Gasteiger partial charge is 0.261 e. The molecule has 0 unspecified atom stereocenters. The van der Waals surface area contributed by atoms with Gasteiger partial charge in [0, 0.05) is 35.6 Å². The lowest BCUT2D eigenvalue weighted by atomic mass is 9.96. The van der Waals surface area contributed by atoms with Crippen LogP contribution in [0.1, 0.15) is 34.9 Å². The van der Waals surface area contributed by atoms with Crippen LogP contribution in [0.3, 0.4) is 0 Å². The van der Waals surface area contributed by atoms with Crippen molar-refractivity contribution in [3.8, 4) is 0 Å². The van der Waals surface area contributed by atoms with Gasteiger partial charge in [0.1, 0.15) is 0 Å². The molecule has 3 rings (SSSR count). The van der Waals surface area contributed by atoms with Gasteiger partial charge in [-0.2, -0.15) is 5.10 Å². The first-order chi connectivity index (χ1) is 11.5. The van der Waals surface area contributed by atoms with E-state index in [0.717, 1.165) is 28.0 Å². The summed E-state index contributed by atoms with van der Waals surface area (Å²) in [6.45, 7) is 5.94. The molecule has 0 aromatic carbocycles. The van der Waals surface area contributed by atoms with Gasteiger partial charge in [-0.3, -0.25) is 4.98 Å². The lowest BCUT2D eigenvalue weighted by molar-refractivity contribution is 0.149. The maximum absolute atomic E-state index is 12.8. The Labute approximate surface area is 139 Å². The second-order valence-electron chi connectivity index (χ2n) is 5.86. The highest BCUT2D eigenvalue weighted by Crippen LogP contribution is 2.28. The van der Waals surface area contributed by atoms with Gasteiger partial charge in [-0.15, -0.1) is 0 Å². The van der Waals surface area contributed by atoms with E-state index >= 15 is 0 Å². The Morgan fingerprint density at radius 2 is 2.04 bits per heavy atom. The molecule has 3 heterocycles. The van der Waals surface area contributed by atoms with Crippen molar-refractivity contribution in [3.63, 3.8) is 0 Å². The minimum absolute atomic E-state index is 0.289. The van der Waals surface area contributed by atoms with Crippen molar-refractivity contribution in [2.75, 3.05) is 0 Å². The fourth-order valence-corrected chi connectivity index (χ4v) is 2.91. The Balaban J connectivity index is 2.11. The summed E-state index contributed by atoms with van der Waals surface area (Å²) >= 11 is 0. The monoisotopic (exact) mass is 327 g/mol. The van der Waals surface area contributed by atoms with E-state index in [4.69, 9.17) is 0 Å². The third-order valence-electron chi connectivity index (χ3n) is 4.09. The predicted octanol–water partition coefficient (Wildman–Crippen LogP) is 4.61. The Hall–Kier alpha value is -2.56. The third-order valence-corrected chi connectivity index (χ3v) is 4.09. The van der Waals surface area contributed by atoms with E-state index < -0.39 is 6.43 Å². The van der Waals surface area contributed by atoms with E-state index in [-0.39, 0.29) is 6.42 Å². The molecule has 0 spiro atoms. The number of aryl methyl sites for hydroxylation is 2. The number of nitrogens with zero attached hydrogens (tertiary/aromatic N) is 3. The first kappa shape index (κ1) is 16.3. The molecule has 0 N–H and O–H groups in total. The van der Waals surface area contributed by atoms with Crippen LogP contribution in [0.25, 0.3) is 11.1 Å². The highest BCUT2D eigenvalue weighted by molar-refractivity contribution is 5.82. The summed E-state index contributed by atoms with van der Waals surface area (Å²) in [5.41, 5.74) is 6.35. The van der Waals surface area contributed by atoms with Gasteiger partial charge in [-0.25, -0.2) is 13.3 Å². The lowest BCUT2D eigenvalue weighted by Crippen LogP contribution is -1.99. The molecule has 0 aliphatic carbocycles. The summed E-state index contributed by atoms with van der Waals surface area (Å²) in [6.07, 6.45) is 4.52. The van der Waals surface area contributed by atoms with Crippen LogP contribution >= 0.6 is 0 Å². The van der Waals surface area contributed by atoms with Crippen LogP contribution in [0.2, 0.25) is 0 Å². The number of alkyl halides is 2. The van der Waals surface area contributed by atoms with E-state index in [2.05, 4.69) is 16.1 Å². The first-order valence-corrected chi connectivity index (χ1v) is 7.84. The summed E-state index contributed by atoms with van der Waals surface area (Å²) in [5, 5.41) is 4.15. The summed E-state index contributed by atoms with van der Waals surface area (Å²) in [6, 6.07) is 5.96. The predicted molar refractivity (Wildman–Crippen MR) is 91.4 cm³/mol. The molecule has 0 radical (unpaired) electrons. The highest BCUT2D eigenvalue weighted by atomic mass is 19.3. The lowest BCUT2D eigenvalue weighted by Gasteiger charge is -2.12. The molecule has 0 atom stereocenters. The molecule has 0 fully saturated rings. The van der Waals surface area contributed by atoms with E-state index in [0.29, 0.717) is 11.1 Å². The van der Waals surface area contributed by atoms with Gasteiger partial charge in [0.25, 0.3) is 0 Å². The quantitative estimate of drug-likeness (QED) is 0.701. The smallest absolute Gasteiger partial charge is 0.242 e. The molecule has 0 amide bonds. The Kier molecular flexibility index (Phi) is 4.42. The zero-order valence-electron chi connectivity index (χ0n) is 13.9. The average molecular weight is 327 g/mol. The number of hydrogen-bond donors (Lipinski definition) is 0. The maximum atomic E-state index is 12.8. The van der Waals surface area contributed by atoms with Gasteiger partial charge in [-0.1, -0.05) is 6.08 Å². The molecule has 0 saturated heterocycles. The van der Waals surface area contributed by atoms with Crippen molar-refractivity contribution in [1.82, 2.24) is 14.6 Å². The topological polar surface area (TPSA) is 30.2 Å². The van der Waals surface area contributed by atoms with Crippen LogP contribution in [-0.2, 0) is 6.42 Å². The highest BCUT2D eigenvalue weighted by Gasteiger charge is 2.13. The molecule has 3 nitrogen and oxygen atoms in total. The molecule has 3 aromatic heterocycles. The molecule has 0 saturated carbocycles. The summed E-state index contributed by atoms with van der Waals surface area (Å²) in [7, 11) is 0. The Bertz CT molecular complexity index is 910. The fourth-order valence-electron chi connectivity index (χ4n) is 2.91. The van der Waals surface area contributed by atoms with Crippen LogP contribution in [0.15, 0.2) is 42.9 Å². The zero-order chi connectivity index (χ0) is 17.3. The Morgan fingerprint density at radius 3 is 2.75 bits per heavy atom.